The Hall–Kier alpha value is -1.26. The van der Waals surface area contributed by atoms with Gasteiger partial charge in [0.2, 0.25) is 0 Å². The van der Waals surface area contributed by atoms with E-state index in [4.69, 9.17) is 9.84 Å². The van der Waals surface area contributed by atoms with Crippen molar-refractivity contribution in [2.75, 3.05) is 19.7 Å². The lowest BCUT2D eigenvalue weighted by Crippen LogP contribution is -2.39. The molecule has 0 aliphatic carbocycles. The summed E-state index contributed by atoms with van der Waals surface area (Å²) in [6, 6.07) is 7.39. The number of hydrogen-bond donors (Lipinski definition) is 1. The average Bonchev–Trinajstić information content (AvgIpc) is 2.41. The number of hydrogen-bond acceptors (Lipinski definition) is 3. The standard InChI is InChI=1S/C15H21NO3.ClH/c1-12-6-4-5-9-16(12)10-11-19-14-8-3-2-7-13(14)15(17)18;/h2-3,7-8,12H,4-6,9-11H2,1H3,(H,17,18);1H. The molecule has 1 aliphatic heterocycles. The predicted molar refractivity (Wildman–Crippen MR) is 81.0 cm³/mol. The van der Waals surface area contributed by atoms with Crippen molar-refractivity contribution in [1.82, 2.24) is 4.90 Å². The maximum absolute atomic E-state index is 11.0. The van der Waals surface area contributed by atoms with Crippen LogP contribution in [-0.2, 0) is 0 Å². The van der Waals surface area contributed by atoms with Crippen LogP contribution in [0.3, 0.4) is 0 Å². The van der Waals surface area contributed by atoms with Crippen molar-refractivity contribution in [2.24, 2.45) is 0 Å². The molecule has 112 valence electrons. The average molecular weight is 300 g/mol. The van der Waals surface area contributed by atoms with Crippen LogP contribution < -0.4 is 4.74 Å². The van der Waals surface area contributed by atoms with E-state index >= 15 is 0 Å². The van der Waals surface area contributed by atoms with Gasteiger partial charge in [-0.3, -0.25) is 4.90 Å². The van der Waals surface area contributed by atoms with Gasteiger partial charge in [0.05, 0.1) is 0 Å². The summed E-state index contributed by atoms with van der Waals surface area (Å²) >= 11 is 0. The summed E-state index contributed by atoms with van der Waals surface area (Å²) in [6.45, 7) is 4.75. The van der Waals surface area contributed by atoms with Crippen molar-refractivity contribution in [1.29, 1.82) is 0 Å². The number of carboxylic acid groups (broad SMARTS) is 1. The van der Waals surface area contributed by atoms with E-state index in [1.165, 1.54) is 19.3 Å². The Bertz CT molecular complexity index is 439. The van der Waals surface area contributed by atoms with Crippen molar-refractivity contribution in [3.63, 3.8) is 0 Å². The number of rotatable bonds is 5. The van der Waals surface area contributed by atoms with Gasteiger partial charge in [-0.1, -0.05) is 18.6 Å². The molecule has 1 unspecified atom stereocenters. The Morgan fingerprint density at radius 1 is 1.40 bits per heavy atom. The summed E-state index contributed by atoms with van der Waals surface area (Å²) in [7, 11) is 0. The smallest absolute Gasteiger partial charge is 0.339 e. The summed E-state index contributed by atoms with van der Waals surface area (Å²) < 4.78 is 5.63. The minimum Gasteiger partial charge on any atom is -0.491 e. The van der Waals surface area contributed by atoms with Crippen molar-refractivity contribution in [3.8, 4) is 5.75 Å². The first-order valence-corrected chi connectivity index (χ1v) is 6.87. The molecule has 5 heteroatoms. The number of carbonyl (C=O) groups is 1. The van der Waals surface area contributed by atoms with Gasteiger partial charge in [-0.2, -0.15) is 0 Å². The lowest BCUT2D eigenvalue weighted by atomic mass is 10.0. The maximum atomic E-state index is 11.0. The first kappa shape index (κ1) is 16.8. The van der Waals surface area contributed by atoms with Crippen LogP contribution >= 0.6 is 12.4 Å². The normalized spacial score (nSPS) is 19.1. The molecule has 0 spiro atoms. The molecule has 0 bridgehead atoms. The van der Waals surface area contributed by atoms with Crippen LogP contribution in [0.15, 0.2) is 24.3 Å². The van der Waals surface area contributed by atoms with Gasteiger partial charge in [-0.05, 0) is 38.4 Å². The first-order valence-electron chi connectivity index (χ1n) is 6.87. The quantitative estimate of drug-likeness (QED) is 0.908. The molecule has 1 fully saturated rings. The number of carboxylic acids is 1. The second-order valence-electron chi connectivity index (χ2n) is 5.03. The van der Waals surface area contributed by atoms with E-state index in [0.29, 0.717) is 18.4 Å². The Labute approximate surface area is 126 Å². The fourth-order valence-electron chi connectivity index (χ4n) is 2.53. The fraction of sp³-hybridized carbons (Fsp3) is 0.533. The molecule has 0 amide bonds. The molecule has 1 atom stereocenters. The minimum atomic E-state index is -0.943. The molecule has 20 heavy (non-hydrogen) atoms. The molecule has 0 saturated carbocycles. The fourth-order valence-corrected chi connectivity index (χ4v) is 2.53. The molecule has 1 saturated heterocycles. The summed E-state index contributed by atoms with van der Waals surface area (Å²) in [4.78, 5) is 13.5. The molecular formula is C15H22ClNO3. The second kappa shape index (κ2) is 8.12. The molecule has 1 aliphatic rings. The monoisotopic (exact) mass is 299 g/mol. The molecule has 1 N–H and O–H groups in total. The van der Waals surface area contributed by atoms with Crippen LogP contribution in [0.4, 0.5) is 0 Å². The van der Waals surface area contributed by atoms with Crippen LogP contribution in [0.2, 0.25) is 0 Å². The summed E-state index contributed by atoms with van der Waals surface area (Å²) in [5.41, 5.74) is 0.231. The molecule has 4 nitrogen and oxygen atoms in total. The van der Waals surface area contributed by atoms with Crippen molar-refractivity contribution in [2.45, 2.75) is 32.2 Å². The third-order valence-electron chi connectivity index (χ3n) is 3.69. The molecule has 0 aromatic heterocycles. The number of piperidine rings is 1. The predicted octanol–water partition coefficient (Wildman–Crippen LogP) is 3.06. The third-order valence-corrected chi connectivity index (χ3v) is 3.69. The van der Waals surface area contributed by atoms with Gasteiger partial charge in [-0.15, -0.1) is 12.4 Å². The van der Waals surface area contributed by atoms with E-state index in [2.05, 4.69) is 11.8 Å². The number of likely N-dealkylation sites (tertiary alicyclic amines) is 1. The van der Waals surface area contributed by atoms with Gasteiger partial charge in [-0.25, -0.2) is 4.79 Å². The second-order valence-corrected chi connectivity index (χ2v) is 5.03. The number of benzene rings is 1. The molecule has 1 aromatic rings. The molecule has 0 radical (unpaired) electrons. The van der Waals surface area contributed by atoms with Crippen LogP contribution in [0.1, 0.15) is 36.5 Å². The topological polar surface area (TPSA) is 49.8 Å². The van der Waals surface area contributed by atoms with Gasteiger partial charge in [0, 0.05) is 12.6 Å². The Balaban J connectivity index is 0.00000200. The van der Waals surface area contributed by atoms with Crippen LogP contribution in [0.25, 0.3) is 0 Å². The lowest BCUT2D eigenvalue weighted by Gasteiger charge is -2.33. The number of para-hydroxylation sites is 1. The summed E-state index contributed by atoms with van der Waals surface area (Å²) in [5, 5.41) is 9.07. The first-order chi connectivity index (χ1) is 9.18. The number of aromatic carboxylic acids is 1. The highest BCUT2D eigenvalue weighted by Crippen LogP contribution is 2.19. The zero-order valence-corrected chi connectivity index (χ0v) is 12.6. The van der Waals surface area contributed by atoms with Crippen molar-refractivity contribution < 1.29 is 14.6 Å². The molecule has 1 heterocycles. The zero-order chi connectivity index (χ0) is 13.7. The van der Waals surface area contributed by atoms with E-state index in [9.17, 15) is 4.79 Å². The summed E-state index contributed by atoms with van der Waals surface area (Å²) in [5.74, 6) is -0.485. The van der Waals surface area contributed by atoms with Crippen molar-refractivity contribution >= 4 is 18.4 Å². The van der Waals surface area contributed by atoms with Crippen LogP contribution in [-0.4, -0.2) is 41.7 Å². The van der Waals surface area contributed by atoms with E-state index in [1.54, 1.807) is 24.3 Å². The van der Waals surface area contributed by atoms with E-state index < -0.39 is 5.97 Å². The van der Waals surface area contributed by atoms with Gasteiger partial charge in [0.25, 0.3) is 0 Å². The SMILES string of the molecule is CC1CCCCN1CCOc1ccccc1C(=O)O.Cl. The van der Waals surface area contributed by atoms with Gasteiger partial charge in [0.1, 0.15) is 17.9 Å². The Kier molecular flexibility index (Phi) is 6.82. The maximum Gasteiger partial charge on any atom is 0.339 e. The zero-order valence-electron chi connectivity index (χ0n) is 11.7. The van der Waals surface area contributed by atoms with Gasteiger partial charge < -0.3 is 9.84 Å². The summed E-state index contributed by atoms with van der Waals surface area (Å²) in [6.07, 6.45) is 3.79. The molecule has 2 rings (SSSR count). The lowest BCUT2D eigenvalue weighted by molar-refractivity contribution is 0.0690. The van der Waals surface area contributed by atoms with Gasteiger partial charge in [0.15, 0.2) is 0 Å². The van der Waals surface area contributed by atoms with Gasteiger partial charge >= 0.3 is 5.97 Å². The van der Waals surface area contributed by atoms with Crippen LogP contribution in [0.5, 0.6) is 5.75 Å². The van der Waals surface area contributed by atoms with Crippen LogP contribution in [0, 0.1) is 0 Å². The number of nitrogens with zero attached hydrogens (tertiary/aromatic N) is 1. The van der Waals surface area contributed by atoms with E-state index in [-0.39, 0.29) is 18.0 Å². The number of ether oxygens (including phenoxy) is 1. The minimum absolute atomic E-state index is 0. The highest BCUT2D eigenvalue weighted by molar-refractivity contribution is 5.90. The van der Waals surface area contributed by atoms with E-state index in [1.807, 2.05) is 0 Å². The molecule has 1 aromatic carbocycles. The molecular weight excluding hydrogens is 278 g/mol. The Morgan fingerprint density at radius 2 is 2.15 bits per heavy atom. The van der Waals surface area contributed by atoms with E-state index in [0.717, 1.165) is 13.1 Å². The highest BCUT2D eigenvalue weighted by atomic mass is 35.5. The highest BCUT2D eigenvalue weighted by Gasteiger charge is 2.18. The largest absolute Gasteiger partial charge is 0.491 e. The number of halogens is 1. The van der Waals surface area contributed by atoms with Crippen molar-refractivity contribution in [3.05, 3.63) is 29.8 Å². The Morgan fingerprint density at radius 3 is 2.85 bits per heavy atom. The third kappa shape index (κ3) is 4.39.